The molecule has 140 valence electrons. The summed E-state index contributed by atoms with van der Waals surface area (Å²) in [6.07, 6.45) is 1.57. The number of furan rings is 1. The van der Waals surface area contributed by atoms with Crippen LogP contribution in [0.25, 0.3) is 0 Å². The number of benzene rings is 1. The van der Waals surface area contributed by atoms with Crippen molar-refractivity contribution in [3.8, 4) is 0 Å². The van der Waals surface area contributed by atoms with E-state index >= 15 is 0 Å². The molecular formula is C20H17F2NO4. The number of Topliss-reactive ketones (excluding diaryl/α,β-unsaturated/α-hetero) is 1. The molecule has 0 spiro atoms. The molecule has 3 aromatic rings. The molecule has 0 atom stereocenters. The SMILES string of the molecule is Cc1cc(C(=O)COC(=O)c2ccc(F)cc2F)c(C)n1Cc1ccco1. The first-order valence-corrected chi connectivity index (χ1v) is 8.21. The third kappa shape index (κ3) is 3.97. The Morgan fingerprint density at radius 2 is 1.89 bits per heavy atom. The molecule has 0 bridgehead atoms. The number of nitrogens with zero attached hydrogens (tertiary/aromatic N) is 1. The molecule has 2 heterocycles. The van der Waals surface area contributed by atoms with E-state index in [-0.39, 0.29) is 0 Å². The van der Waals surface area contributed by atoms with E-state index in [0.717, 1.165) is 23.6 Å². The predicted molar refractivity (Wildman–Crippen MR) is 92.7 cm³/mol. The van der Waals surface area contributed by atoms with Gasteiger partial charge >= 0.3 is 5.97 Å². The lowest BCUT2D eigenvalue weighted by atomic mass is 10.1. The summed E-state index contributed by atoms with van der Waals surface area (Å²) in [7, 11) is 0. The number of hydrogen-bond donors (Lipinski definition) is 0. The topological polar surface area (TPSA) is 61.4 Å². The highest BCUT2D eigenvalue weighted by Crippen LogP contribution is 2.18. The smallest absolute Gasteiger partial charge is 0.341 e. The molecule has 2 aromatic heterocycles. The fraction of sp³-hybridized carbons (Fsp3) is 0.200. The van der Waals surface area contributed by atoms with Crippen molar-refractivity contribution in [1.29, 1.82) is 0 Å². The quantitative estimate of drug-likeness (QED) is 0.483. The molecule has 0 amide bonds. The normalized spacial score (nSPS) is 10.8. The molecule has 0 aliphatic heterocycles. The number of carbonyl (C=O) groups is 2. The first-order chi connectivity index (χ1) is 12.9. The van der Waals surface area contributed by atoms with Gasteiger partial charge in [-0.1, -0.05) is 0 Å². The van der Waals surface area contributed by atoms with E-state index in [0.29, 0.717) is 23.9 Å². The lowest BCUT2D eigenvalue weighted by molar-refractivity contribution is 0.0469. The summed E-state index contributed by atoms with van der Waals surface area (Å²) < 4.78 is 38.7. The van der Waals surface area contributed by atoms with Crippen LogP contribution in [0.1, 0.15) is 37.9 Å². The van der Waals surface area contributed by atoms with Gasteiger partial charge in [-0.25, -0.2) is 13.6 Å². The van der Waals surface area contributed by atoms with Crippen LogP contribution in [0.5, 0.6) is 0 Å². The molecule has 0 saturated heterocycles. The van der Waals surface area contributed by atoms with Crippen molar-refractivity contribution in [2.45, 2.75) is 20.4 Å². The highest BCUT2D eigenvalue weighted by atomic mass is 19.1. The molecule has 5 nitrogen and oxygen atoms in total. The Bertz CT molecular complexity index is 990. The molecule has 0 fully saturated rings. The van der Waals surface area contributed by atoms with Crippen LogP contribution in [0.2, 0.25) is 0 Å². The van der Waals surface area contributed by atoms with Crippen LogP contribution in [-0.2, 0) is 11.3 Å². The molecule has 0 radical (unpaired) electrons. The number of rotatable bonds is 6. The molecule has 0 aliphatic rings. The van der Waals surface area contributed by atoms with Crippen molar-refractivity contribution in [3.05, 3.63) is 82.6 Å². The minimum Gasteiger partial charge on any atom is -0.467 e. The summed E-state index contributed by atoms with van der Waals surface area (Å²) in [6, 6.07) is 7.83. The van der Waals surface area contributed by atoms with Crippen LogP contribution >= 0.6 is 0 Å². The largest absolute Gasteiger partial charge is 0.467 e. The van der Waals surface area contributed by atoms with Crippen LogP contribution in [0.15, 0.2) is 47.1 Å². The second-order valence-corrected chi connectivity index (χ2v) is 6.07. The highest BCUT2D eigenvalue weighted by molar-refractivity contribution is 6.00. The number of esters is 1. The molecule has 1 aromatic carbocycles. The van der Waals surface area contributed by atoms with Crippen LogP contribution < -0.4 is 0 Å². The molecule has 27 heavy (non-hydrogen) atoms. The van der Waals surface area contributed by atoms with Crippen LogP contribution in [0, 0.1) is 25.5 Å². The molecule has 0 unspecified atom stereocenters. The van der Waals surface area contributed by atoms with E-state index in [1.165, 1.54) is 0 Å². The average molecular weight is 373 g/mol. The third-order valence-electron chi connectivity index (χ3n) is 4.25. The van der Waals surface area contributed by atoms with Gasteiger partial charge in [0.1, 0.15) is 17.4 Å². The number of ketones is 1. The van der Waals surface area contributed by atoms with Gasteiger partial charge in [-0.3, -0.25) is 4.79 Å². The number of ether oxygens (including phenoxy) is 1. The monoisotopic (exact) mass is 373 g/mol. The summed E-state index contributed by atoms with van der Waals surface area (Å²) in [5, 5.41) is 0. The van der Waals surface area contributed by atoms with Crippen LogP contribution in [0.3, 0.4) is 0 Å². The summed E-state index contributed by atoms with van der Waals surface area (Å²) in [5.41, 5.74) is 1.54. The number of carbonyl (C=O) groups excluding carboxylic acids is 2. The Labute approximate surface area is 154 Å². The Kier molecular flexibility index (Phi) is 5.21. The number of aryl methyl sites for hydroxylation is 1. The third-order valence-corrected chi connectivity index (χ3v) is 4.25. The standard InChI is InChI=1S/C20H17F2NO4/c1-12-8-17(13(2)23(12)10-15-4-3-7-26-15)19(24)11-27-20(25)16-6-5-14(21)9-18(16)22/h3-9H,10-11H2,1-2H3. The number of hydrogen-bond acceptors (Lipinski definition) is 4. The number of halogens is 2. The average Bonchev–Trinajstić information content (AvgIpc) is 3.23. The van der Waals surface area contributed by atoms with Crippen molar-refractivity contribution in [2.24, 2.45) is 0 Å². The lowest BCUT2D eigenvalue weighted by Gasteiger charge is -2.08. The van der Waals surface area contributed by atoms with Crippen molar-refractivity contribution in [2.75, 3.05) is 6.61 Å². The van der Waals surface area contributed by atoms with E-state index in [2.05, 4.69) is 0 Å². The van der Waals surface area contributed by atoms with Gasteiger partial charge in [-0.2, -0.15) is 0 Å². The molecule has 0 N–H and O–H groups in total. The second kappa shape index (κ2) is 7.57. The first-order valence-electron chi connectivity index (χ1n) is 8.21. The van der Waals surface area contributed by atoms with E-state index in [9.17, 15) is 18.4 Å². The molecule has 7 heteroatoms. The summed E-state index contributed by atoms with van der Waals surface area (Å²) >= 11 is 0. The van der Waals surface area contributed by atoms with E-state index in [4.69, 9.17) is 9.15 Å². The Morgan fingerprint density at radius 3 is 2.56 bits per heavy atom. The Hall–Kier alpha value is -3.22. The molecular weight excluding hydrogens is 356 g/mol. The highest BCUT2D eigenvalue weighted by Gasteiger charge is 2.20. The minimum absolute atomic E-state index is 0.409. The summed E-state index contributed by atoms with van der Waals surface area (Å²) in [6.45, 7) is 3.57. The molecule has 0 aliphatic carbocycles. The van der Waals surface area contributed by atoms with E-state index in [1.807, 2.05) is 17.6 Å². The van der Waals surface area contributed by atoms with Crippen LogP contribution in [-0.4, -0.2) is 22.9 Å². The maximum Gasteiger partial charge on any atom is 0.341 e. The van der Waals surface area contributed by atoms with Gasteiger partial charge in [-0.15, -0.1) is 0 Å². The number of aromatic nitrogens is 1. The van der Waals surface area contributed by atoms with Crippen molar-refractivity contribution < 1.29 is 27.5 Å². The predicted octanol–water partition coefficient (Wildman–Crippen LogP) is 4.06. The van der Waals surface area contributed by atoms with Gasteiger partial charge < -0.3 is 13.7 Å². The van der Waals surface area contributed by atoms with Crippen molar-refractivity contribution in [1.82, 2.24) is 4.57 Å². The van der Waals surface area contributed by atoms with Crippen molar-refractivity contribution >= 4 is 11.8 Å². The zero-order chi connectivity index (χ0) is 19.6. The van der Waals surface area contributed by atoms with E-state index in [1.54, 1.807) is 25.3 Å². The van der Waals surface area contributed by atoms with Crippen LogP contribution in [0.4, 0.5) is 8.78 Å². The van der Waals surface area contributed by atoms with Gasteiger partial charge in [-0.05, 0) is 44.2 Å². The maximum absolute atomic E-state index is 13.6. The summed E-state index contributed by atoms with van der Waals surface area (Å²) in [4.78, 5) is 24.4. The zero-order valence-corrected chi connectivity index (χ0v) is 14.8. The molecule has 3 rings (SSSR count). The maximum atomic E-state index is 13.6. The Balaban J connectivity index is 1.70. The Morgan fingerprint density at radius 1 is 1.11 bits per heavy atom. The molecule has 0 saturated carbocycles. The first kappa shape index (κ1) is 18.6. The fourth-order valence-electron chi connectivity index (χ4n) is 2.83. The second-order valence-electron chi connectivity index (χ2n) is 6.07. The van der Waals surface area contributed by atoms with Crippen molar-refractivity contribution in [3.63, 3.8) is 0 Å². The lowest BCUT2D eigenvalue weighted by Crippen LogP contribution is -2.16. The van der Waals surface area contributed by atoms with Gasteiger partial charge in [0.15, 0.2) is 6.61 Å². The minimum atomic E-state index is -1.04. The summed E-state index contributed by atoms with van der Waals surface area (Å²) in [5.74, 6) is -2.53. The van der Waals surface area contributed by atoms with Gasteiger partial charge in [0, 0.05) is 23.0 Å². The van der Waals surface area contributed by atoms with Gasteiger partial charge in [0.05, 0.1) is 18.4 Å². The zero-order valence-electron chi connectivity index (χ0n) is 14.8. The fourth-order valence-corrected chi connectivity index (χ4v) is 2.83. The van der Waals surface area contributed by atoms with Gasteiger partial charge in [0.25, 0.3) is 0 Å². The van der Waals surface area contributed by atoms with Gasteiger partial charge in [0.2, 0.25) is 5.78 Å². The van der Waals surface area contributed by atoms with E-state index < -0.39 is 35.6 Å².